The summed E-state index contributed by atoms with van der Waals surface area (Å²) in [5.74, 6) is 1.74. The van der Waals surface area contributed by atoms with E-state index in [4.69, 9.17) is 14.2 Å². The van der Waals surface area contributed by atoms with Gasteiger partial charge in [-0.2, -0.15) is 0 Å². The first-order valence-electron chi connectivity index (χ1n) is 9.88. The van der Waals surface area contributed by atoms with Gasteiger partial charge in [0.15, 0.2) is 11.5 Å². The molecule has 30 heavy (non-hydrogen) atoms. The first kappa shape index (κ1) is 22.0. The zero-order valence-electron chi connectivity index (χ0n) is 17.1. The number of rotatable bonds is 10. The molecule has 0 aliphatic carbocycles. The van der Waals surface area contributed by atoms with Gasteiger partial charge in [0, 0.05) is 17.8 Å². The second-order valence-corrected chi connectivity index (χ2v) is 7.38. The number of benzene rings is 3. The minimum atomic E-state index is -0.289. The van der Waals surface area contributed by atoms with Crippen molar-refractivity contribution in [3.05, 3.63) is 82.1 Å². The van der Waals surface area contributed by atoms with Gasteiger partial charge in [-0.3, -0.25) is 0 Å². The lowest BCUT2D eigenvalue weighted by atomic mass is 10.2. The lowest BCUT2D eigenvalue weighted by Gasteiger charge is -2.16. The van der Waals surface area contributed by atoms with Gasteiger partial charge in [-0.15, -0.1) is 0 Å². The van der Waals surface area contributed by atoms with Gasteiger partial charge < -0.3 is 19.5 Å². The molecule has 0 saturated carbocycles. The third-order valence-corrected chi connectivity index (χ3v) is 4.95. The molecule has 1 N–H and O–H groups in total. The number of anilines is 1. The molecule has 158 valence electrons. The molecule has 0 spiro atoms. The van der Waals surface area contributed by atoms with Gasteiger partial charge in [-0.1, -0.05) is 18.2 Å². The lowest BCUT2D eigenvalue weighted by molar-refractivity contribution is 0.264. The van der Waals surface area contributed by atoms with Crippen molar-refractivity contribution < 1.29 is 18.6 Å². The maximum atomic E-state index is 13.9. The van der Waals surface area contributed by atoms with E-state index in [2.05, 4.69) is 21.2 Å². The Morgan fingerprint density at radius 1 is 0.900 bits per heavy atom. The van der Waals surface area contributed by atoms with Crippen LogP contribution in [0.5, 0.6) is 17.2 Å². The normalized spacial score (nSPS) is 10.5. The number of ether oxygens (including phenoxy) is 3. The van der Waals surface area contributed by atoms with Crippen LogP contribution in [0.25, 0.3) is 0 Å². The van der Waals surface area contributed by atoms with Gasteiger partial charge in [0.2, 0.25) is 0 Å². The summed E-state index contributed by atoms with van der Waals surface area (Å²) in [6.07, 6.45) is 0. The monoisotopic (exact) mass is 473 g/mol. The second-order valence-electron chi connectivity index (χ2n) is 6.53. The molecule has 3 rings (SSSR count). The van der Waals surface area contributed by atoms with Crippen LogP contribution in [-0.4, -0.2) is 13.2 Å². The molecule has 3 aromatic carbocycles. The van der Waals surface area contributed by atoms with Crippen molar-refractivity contribution in [1.82, 2.24) is 0 Å². The van der Waals surface area contributed by atoms with E-state index >= 15 is 0 Å². The predicted molar refractivity (Wildman–Crippen MR) is 121 cm³/mol. The van der Waals surface area contributed by atoms with Crippen LogP contribution >= 0.6 is 15.9 Å². The minimum absolute atomic E-state index is 0.120. The summed E-state index contributed by atoms with van der Waals surface area (Å²) in [5.41, 5.74) is 2.51. The summed E-state index contributed by atoms with van der Waals surface area (Å²) in [4.78, 5) is 0. The van der Waals surface area contributed by atoms with E-state index in [1.165, 1.54) is 6.07 Å². The van der Waals surface area contributed by atoms with E-state index in [0.717, 1.165) is 21.5 Å². The first-order chi connectivity index (χ1) is 14.6. The quantitative estimate of drug-likeness (QED) is 0.361. The van der Waals surface area contributed by atoms with Crippen LogP contribution in [0.1, 0.15) is 25.0 Å². The largest absolute Gasteiger partial charge is 0.494 e. The SMILES string of the molecule is CCOc1ccc(NCc2cc(Br)c(OCc3ccccc3F)c(OCC)c2)cc1. The summed E-state index contributed by atoms with van der Waals surface area (Å²) < 4.78 is 31.8. The Labute approximate surface area is 185 Å². The summed E-state index contributed by atoms with van der Waals surface area (Å²) in [5, 5.41) is 3.39. The highest BCUT2D eigenvalue weighted by Gasteiger charge is 2.14. The Bertz CT molecular complexity index is 963. The van der Waals surface area contributed by atoms with Gasteiger partial charge in [0.05, 0.1) is 17.7 Å². The molecule has 0 fully saturated rings. The average molecular weight is 474 g/mol. The molecule has 0 amide bonds. The molecular weight excluding hydrogens is 449 g/mol. The summed E-state index contributed by atoms with van der Waals surface area (Å²) in [6.45, 7) is 5.75. The Kier molecular flexibility index (Phi) is 7.97. The Balaban J connectivity index is 1.71. The molecule has 6 heteroatoms. The molecule has 0 saturated heterocycles. The Hall–Kier alpha value is -2.73. The first-order valence-corrected chi connectivity index (χ1v) is 10.7. The molecule has 0 aliphatic heterocycles. The highest BCUT2D eigenvalue weighted by Crippen LogP contribution is 2.38. The van der Waals surface area contributed by atoms with Crippen molar-refractivity contribution in [3.63, 3.8) is 0 Å². The van der Waals surface area contributed by atoms with Gasteiger partial charge >= 0.3 is 0 Å². The molecule has 0 atom stereocenters. The zero-order valence-corrected chi connectivity index (χ0v) is 18.7. The van der Waals surface area contributed by atoms with Crippen molar-refractivity contribution in [1.29, 1.82) is 0 Å². The molecular formula is C24H25BrFNO3. The zero-order chi connectivity index (χ0) is 21.3. The molecule has 0 radical (unpaired) electrons. The van der Waals surface area contributed by atoms with E-state index in [-0.39, 0.29) is 12.4 Å². The maximum Gasteiger partial charge on any atom is 0.175 e. The molecule has 0 unspecified atom stereocenters. The standard InChI is InChI=1S/C24H25BrFNO3/c1-3-28-20-11-9-19(10-12-20)27-15-17-13-21(25)24(23(14-17)29-4-2)30-16-18-7-5-6-8-22(18)26/h5-14,27H,3-4,15-16H2,1-2H3. The lowest BCUT2D eigenvalue weighted by Crippen LogP contribution is -2.04. The van der Waals surface area contributed by atoms with Gasteiger partial charge in [-0.25, -0.2) is 4.39 Å². The number of hydrogen-bond donors (Lipinski definition) is 1. The topological polar surface area (TPSA) is 39.7 Å². The molecule has 0 aromatic heterocycles. The van der Waals surface area contributed by atoms with Crippen molar-refractivity contribution in [2.45, 2.75) is 27.0 Å². The van der Waals surface area contributed by atoms with Crippen LogP contribution in [0, 0.1) is 5.82 Å². The minimum Gasteiger partial charge on any atom is -0.494 e. The molecule has 0 aliphatic rings. The maximum absolute atomic E-state index is 13.9. The number of hydrogen-bond acceptors (Lipinski definition) is 4. The van der Waals surface area contributed by atoms with E-state index in [1.807, 2.05) is 50.2 Å². The molecule has 0 heterocycles. The van der Waals surface area contributed by atoms with Crippen LogP contribution in [-0.2, 0) is 13.2 Å². The van der Waals surface area contributed by atoms with Crippen LogP contribution in [0.15, 0.2) is 65.1 Å². The van der Waals surface area contributed by atoms with Crippen LogP contribution in [0.2, 0.25) is 0 Å². The fourth-order valence-electron chi connectivity index (χ4n) is 2.93. The number of halogens is 2. The van der Waals surface area contributed by atoms with E-state index in [1.54, 1.807) is 18.2 Å². The van der Waals surface area contributed by atoms with Crippen LogP contribution in [0.3, 0.4) is 0 Å². The summed E-state index contributed by atoms with van der Waals surface area (Å²) in [6, 6.07) is 18.3. The Morgan fingerprint density at radius 3 is 2.33 bits per heavy atom. The van der Waals surface area contributed by atoms with Gasteiger partial charge in [0.1, 0.15) is 18.2 Å². The summed E-state index contributed by atoms with van der Waals surface area (Å²) in [7, 11) is 0. The fourth-order valence-corrected chi connectivity index (χ4v) is 3.54. The molecule has 4 nitrogen and oxygen atoms in total. The van der Waals surface area contributed by atoms with Crippen LogP contribution in [0.4, 0.5) is 10.1 Å². The fraction of sp³-hybridized carbons (Fsp3) is 0.250. The third-order valence-electron chi connectivity index (χ3n) is 4.36. The van der Waals surface area contributed by atoms with E-state index in [9.17, 15) is 4.39 Å². The third kappa shape index (κ3) is 5.89. The van der Waals surface area contributed by atoms with E-state index in [0.29, 0.717) is 36.8 Å². The predicted octanol–water partition coefficient (Wildman–Crippen LogP) is 6.58. The molecule has 0 bridgehead atoms. The highest BCUT2D eigenvalue weighted by atomic mass is 79.9. The highest BCUT2D eigenvalue weighted by molar-refractivity contribution is 9.10. The van der Waals surface area contributed by atoms with Crippen molar-refractivity contribution >= 4 is 21.6 Å². The number of nitrogens with one attached hydrogen (secondary N) is 1. The van der Waals surface area contributed by atoms with Crippen LogP contribution < -0.4 is 19.5 Å². The molecule has 3 aromatic rings. The average Bonchev–Trinajstić information content (AvgIpc) is 2.74. The smallest absolute Gasteiger partial charge is 0.175 e. The summed E-state index contributed by atoms with van der Waals surface area (Å²) >= 11 is 3.57. The second kappa shape index (κ2) is 10.9. The van der Waals surface area contributed by atoms with Crippen molar-refractivity contribution in [2.75, 3.05) is 18.5 Å². The van der Waals surface area contributed by atoms with Crippen molar-refractivity contribution in [2.24, 2.45) is 0 Å². The van der Waals surface area contributed by atoms with Gasteiger partial charge in [0.25, 0.3) is 0 Å². The van der Waals surface area contributed by atoms with E-state index < -0.39 is 0 Å². The van der Waals surface area contributed by atoms with Crippen molar-refractivity contribution in [3.8, 4) is 17.2 Å². The van der Waals surface area contributed by atoms with Gasteiger partial charge in [-0.05, 0) is 77.8 Å². The Morgan fingerprint density at radius 2 is 1.63 bits per heavy atom.